The summed E-state index contributed by atoms with van der Waals surface area (Å²) in [5, 5.41) is 0. The summed E-state index contributed by atoms with van der Waals surface area (Å²) >= 11 is 4.69. The molecule has 25 heavy (non-hydrogen) atoms. The molecule has 0 spiro atoms. The van der Waals surface area contributed by atoms with Gasteiger partial charge in [-0.05, 0) is 42.5 Å². The summed E-state index contributed by atoms with van der Waals surface area (Å²) in [5.41, 5.74) is 0.842. The summed E-state index contributed by atoms with van der Waals surface area (Å²) in [4.78, 5) is 0.432. The first-order chi connectivity index (χ1) is 11.9. The van der Waals surface area contributed by atoms with Crippen LogP contribution in [0.4, 0.5) is 0 Å². The summed E-state index contributed by atoms with van der Waals surface area (Å²) in [6.45, 7) is 0.235. The number of methoxy groups -OCH3 is 1. The van der Waals surface area contributed by atoms with Crippen molar-refractivity contribution in [2.45, 2.75) is 11.4 Å². The molecule has 1 aromatic heterocycles. The van der Waals surface area contributed by atoms with E-state index in [9.17, 15) is 8.42 Å². The van der Waals surface area contributed by atoms with E-state index in [1.54, 1.807) is 16.7 Å². The molecule has 128 valence electrons. The third-order valence-electron chi connectivity index (χ3n) is 3.45. The second-order valence-electron chi connectivity index (χ2n) is 5.03. The number of aromatic nitrogens is 1. The normalized spacial score (nSPS) is 12.3. The predicted octanol–water partition coefficient (Wildman–Crippen LogP) is 3.40. The molecule has 0 atom stereocenters. The minimum atomic E-state index is -3.86. The minimum Gasteiger partial charge on any atom is -0.497 e. The molecule has 0 N–H and O–H groups in total. The fraction of sp³-hybridized carbons (Fsp3) is 0.118. The molecule has 0 saturated carbocycles. The van der Waals surface area contributed by atoms with Crippen molar-refractivity contribution in [3.05, 3.63) is 51.7 Å². The molecule has 1 heterocycles. The SMILES string of the molecule is C#CCn1/c(=N/S(=O)(=O)c2ccc(OC)cc2)sc2cc(Br)ccc21. The highest BCUT2D eigenvalue weighted by molar-refractivity contribution is 9.10. The molecule has 0 aliphatic heterocycles. The number of fused-ring (bicyclic) bond motifs is 1. The Hall–Kier alpha value is -2.08. The lowest BCUT2D eigenvalue weighted by atomic mass is 10.3. The Morgan fingerprint density at radius 2 is 2.00 bits per heavy atom. The number of benzene rings is 2. The summed E-state index contributed by atoms with van der Waals surface area (Å²) < 4.78 is 37.8. The van der Waals surface area contributed by atoms with Gasteiger partial charge in [-0.1, -0.05) is 33.2 Å². The van der Waals surface area contributed by atoms with Gasteiger partial charge in [0.05, 0.1) is 28.8 Å². The van der Waals surface area contributed by atoms with Gasteiger partial charge in [-0.15, -0.1) is 10.8 Å². The Bertz CT molecular complexity index is 1140. The van der Waals surface area contributed by atoms with Gasteiger partial charge < -0.3 is 9.30 Å². The number of sulfonamides is 1. The molecule has 0 fully saturated rings. The molecule has 2 aromatic carbocycles. The van der Waals surface area contributed by atoms with Crippen LogP contribution in [0.3, 0.4) is 0 Å². The van der Waals surface area contributed by atoms with Crippen LogP contribution in [0.25, 0.3) is 10.2 Å². The number of hydrogen-bond donors (Lipinski definition) is 0. The van der Waals surface area contributed by atoms with Gasteiger partial charge in [0, 0.05) is 4.47 Å². The maximum atomic E-state index is 12.6. The largest absolute Gasteiger partial charge is 0.497 e. The third-order valence-corrected chi connectivity index (χ3v) is 6.38. The molecule has 8 heteroatoms. The summed E-state index contributed by atoms with van der Waals surface area (Å²) in [6.07, 6.45) is 5.44. The first-order valence-electron chi connectivity index (χ1n) is 7.12. The van der Waals surface area contributed by atoms with E-state index in [-0.39, 0.29) is 11.4 Å². The molecule has 0 aliphatic carbocycles. The number of ether oxygens (including phenoxy) is 1. The van der Waals surface area contributed by atoms with Crippen LogP contribution >= 0.6 is 27.3 Å². The quantitative estimate of drug-likeness (QED) is 0.588. The van der Waals surface area contributed by atoms with E-state index in [0.717, 1.165) is 14.7 Å². The molecular formula is C17H13BrN2O3S2. The third kappa shape index (κ3) is 3.63. The number of nitrogens with zero attached hydrogens (tertiary/aromatic N) is 2. The maximum absolute atomic E-state index is 12.6. The number of thiazole rings is 1. The van der Waals surface area contributed by atoms with E-state index in [1.807, 2.05) is 18.2 Å². The van der Waals surface area contributed by atoms with Crippen LogP contribution in [0.1, 0.15) is 0 Å². The van der Waals surface area contributed by atoms with Crippen molar-refractivity contribution in [1.82, 2.24) is 4.57 Å². The molecule has 0 saturated heterocycles. The monoisotopic (exact) mass is 436 g/mol. The van der Waals surface area contributed by atoms with Crippen LogP contribution in [0.5, 0.6) is 5.75 Å². The van der Waals surface area contributed by atoms with Gasteiger partial charge in [-0.3, -0.25) is 0 Å². The van der Waals surface area contributed by atoms with Gasteiger partial charge in [-0.2, -0.15) is 8.42 Å². The van der Waals surface area contributed by atoms with Crippen LogP contribution in [0.2, 0.25) is 0 Å². The molecular weight excluding hydrogens is 424 g/mol. The van der Waals surface area contributed by atoms with Gasteiger partial charge in [-0.25, -0.2) is 0 Å². The zero-order valence-electron chi connectivity index (χ0n) is 13.1. The van der Waals surface area contributed by atoms with Crippen LogP contribution in [0, 0.1) is 12.3 Å². The van der Waals surface area contributed by atoms with Crippen molar-refractivity contribution in [3.63, 3.8) is 0 Å². The van der Waals surface area contributed by atoms with Crippen molar-refractivity contribution in [1.29, 1.82) is 0 Å². The standard InChI is InChI=1S/C17H13BrN2O3S2/c1-3-10-20-15-9-4-12(18)11-16(15)24-17(20)19-25(21,22)14-7-5-13(23-2)6-8-14/h1,4-9,11H,10H2,2H3/b19-17-. The zero-order valence-corrected chi connectivity index (χ0v) is 16.4. The van der Waals surface area contributed by atoms with Crippen LogP contribution in [0.15, 0.2) is 56.2 Å². The lowest BCUT2D eigenvalue weighted by Crippen LogP contribution is -2.16. The molecule has 0 unspecified atom stereocenters. The average Bonchev–Trinajstić information content (AvgIpc) is 2.91. The molecule has 0 bridgehead atoms. The van der Waals surface area contributed by atoms with Crippen LogP contribution in [-0.4, -0.2) is 20.1 Å². The number of rotatable bonds is 4. The lowest BCUT2D eigenvalue weighted by molar-refractivity contribution is 0.414. The zero-order chi connectivity index (χ0) is 18.0. The molecule has 0 radical (unpaired) electrons. The fourth-order valence-corrected chi connectivity index (χ4v) is 5.05. The predicted molar refractivity (Wildman–Crippen MR) is 102 cm³/mol. The summed E-state index contributed by atoms with van der Waals surface area (Å²) in [5.74, 6) is 3.12. The highest BCUT2D eigenvalue weighted by atomic mass is 79.9. The molecule has 0 aliphatic rings. The van der Waals surface area contributed by atoms with Gasteiger partial charge in [0.15, 0.2) is 0 Å². The Labute approximate surface area is 157 Å². The maximum Gasteiger partial charge on any atom is 0.285 e. The Balaban J connectivity index is 2.19. The van der Waals surface area contributed by atoms with E-state index in [0.29, 0.717) is 10.6 Å². The Morgan fingerprint density at radius 3 is 2.64 bits per heavy atom. The van der Waals surface area contributed by atoms with E-state index in [2.05, 4.69) is 26.2 Å². The average molecular weight is 437 g/mol. The second-order valence-corrected chi connectivity index (χ2v) is 8.56. The van der Waals surface area contributed by atoms with E-state index in [1.165, 1.54) is 30.6 Å². The minimum absolute atomic E-state index is 0.0965. The fourth-order valence-electron chi connectivity index (χ4n) is 2.26. The van der Waals surface area contributed by atoms with Crippen molar-refractivity contribution >= 4 is 47.5 Å². The van der Waals surface area contributed by atoms with Crippen LogP contribution in [-0.2, 0) is 16.6 Å². The first-order valence-corrected chi connectivity index (χ1v) is 10.2. The highest BCUT2D eigenvalue weighted by Crippen LogP contribution is 2.23. The van der Waals surface area contributed by atoms with Crippen molar-refractivity contribution in [2.24, 2.45) is 4.40 Å². The van der Waals surface area contributed by atoms with E-state index in [4.69, 9.17) is 11.2 Å². The Morgan fingerprint density at radius 1 is 1.28 bits per heavy atom. The number of halogens is 1. The van der Waals surface area contributed by atoms with E-state index < -0.39 is 10.0 Å². The Kier molecular flexibility index (Phi) is 4.99. The van der Waals surface area contributed by atoms with Crippen molar-refractivity contribution in [3.8, 4) is 18.1 Å². The van der Waals surface area contributed by atoms with Gasteiger partial charge in [0.25, 0.3) is 10.0 Å². The highest BCUT2D eigenvalue weighted by Gasteiger charge is 2.15. The topological polar surface area (TPSA) is 60.7 Å². The van der Waals surface area contributed by atoms with Gasteiger partial charge >= 0.3 is 0 Å². The lowest BCUT2D eigenvalue weighted by Gasteiger charge is -2.02. The molecule has 5 nitrogen and oxygen atoms in total. The smallest absolute Gasteiger partial charge is 0.285 e. The van der Waals surface area contributed by atoms with Crippen molar-refractivity contribution in [2.75, 3.05) is 7.11 Å². The number of terminal acetylenes is 1. The van der Waals surface area contributed by atoms with Gasteiger partial charge in [0.2, 0.25) is 4.80 Å². The summed E-state index contributed by atoms with van der Waals surface area (Å²) in [7, 11) is -2.34. The van der Waals surface area contributed by atoms with Gasteiger partial charge in [0.1, 0.15) is 5.75 Å². The van der Waals surface area contributed by atoms with Crippen LogP contribution < -0.4 is 9.54 Å². The molecule has 3 aromatic rings. The first kappa shape index (κ1) is 17.7. The second kappa shape index (κ2) is 7.04. The van der Waals surface area contributed by atoms with Crippen molar-refractivity contribution < 1.29 is 13.2 Å². The molecule has 3 rings (SSSR count). The van der Waals surface area contributed by atoms with E-state index >= 15 is 0 Å². The molecule has 0 amide bonds. The number of hydrogen-bond acceptors (Lipinski definition) is 4. The summed E-state index contributed by atoms with van der Waals surface area (Å²) in [6, 6.07) is 11.8.